The highest BCUT2D eigenvalue weighted by Crippen LogP contribution is 2.62. The molecule has 150 valence electrons. The number of pyridine rings is 1. The van der Waals surface area contributed by atoms with E-state index >= 15 is 0 Å². The number of hydrogen-bond donors (Lipinski definition) is 0. The van der Waals surface area contributed by atoms with Crippen LogP contribution < -0.4 is 0 Å². The zero-order valence-electron chi connectivity index (χ0n) is 17.2. The third-order valence-electron chi connectivity index (χ3n) is 7.01. The number of benzene rings is 4. The summed E-state index contributed by atoms with van der Waals surface area (Å²) in [6.45, 7) is 0. The van der Waals surface area contributed by atoms with Gasteiger partial charge in [0.2, 0.25) is 0 Å². The molecule has 2 aliphatic carbocycles. The van der Waals surface area contributed by atoms with Gasteiger partial charge in [-0.15, -0.1) is 0 Å². The van der Waals surface area contributed by atoms with Crippen molar-refractivity contribution >= 4 is 15.9 Å². The van der Waals surface area contributed by atoms with E-state index in [2.05, 4.69) is 113 Å². The van der Waals surface area contributed by atoms with E-state index in [1.807, 2.05) is 12.1 Å². The molecule has 4 aromatic carbocycles. The van der Waals surface area contributed by atoms with Gasteiger partial charge in [0, 0.05) is 5.56 Å². The summed E-state index contributed by atoms with van der Waals surface area (Å²) in [7, 11) is 0. The van der Waals surface area contributed by atoms with E-state index in [4.69, 9.17) is 4.98 Å². The zero-order valence-corrected chi connectivity index (χ0v) is 18.8. The Balaban J connectivity index is 1.63. The van der Waals surface area contributed by atoms with Crippen LogP contribution in [0.2, 0.25) is 0 Å². The maximum absolute atomic E-state index is 4.74. The molecule has 1 spiro atoms. The van der Waals surface area contributed by atoms with Crippen LogP contribution in [-0.4, -0.2) is 4.98 Å². The lowest BCUT2D eigenvalue weighted by atomic mass is 9.70. The molecule has 2 aliphatic rings. The highest BCUT2D eigenvalue weighted by Gasteiger charge is 2.51. The zero-order chi connectivity index (χ0) is 21.3. The Labute approximate surface area is 195 Å². The van der Waals surface area contributed by atoms with Gasteiger partial charge in [-0.25, -0.2) is 4.98 Å². The molecule has 0 unspecified atom stereocenters. The average molecular weight is 472 g/mol. The molecule has 0 bridgehead atoms. The molecule has 0 fully saturated rings. The van der Waals surface area contributed by atoms with Crippen molar-refractivity contribution in [3.8, 4) is 33.5 Å². The minimum Gasteiger partial charge on any atom is -0.241 e. The van der Waals surface area contributed by atoms with Gasteiger partial charge < -0.3 is 0 Å². The highest BCUT2D eigenvalue weighted by atomic mass is 79.9. The summed E-state index contributed by atoms with van der Waals surface area (Å²) >= 11 is 3.54. The average Bonchev–Trinajstić information content (AvgIpc) is 3.31. The molecular formula is C30H18BrN. The molecular weight excluding hydrogens is 454 g/mol. The van der Waals surface area contributed by atoms with Gasteiger partial charge in [-0.3, -0.25) is 0 Å². The first-order valence-electron chi connectivity index (χ1n) is 10.9. The van der Waals surface area contributed by atoms with Gasteiger partial charge in [0.05, 0.1) is 11.1 Å². The normalized spacial score (nSPS) is 14.0. The van der Waals surface area contributed by atoms with Crippen molar-refractivity contribution in [3.63, 3.8) is 0 Å². The van der Waals surface area contributed by atoms with Crippen molar-refractivity contribution in [3.05, 3.63) is 136 Å². The molecule has 1 nitrogen and oxygen atoms in total. The lowest BCUT2D eigenvalue weighted by molar-refractivity contribution is 0.794. The van der Waals surface area contributed by atoms with Gasteiger partial charge in [0.25, 0.3) is 0 Å². The molecule has 0 saturated heterocycles. The second-order valence-corrected chi connectivity index (χ2v) is 9.31. The maximum atomic E-state index is 4.74. The number of rotatable bonds is 1. The van der Waals surface area contributed by atoms with E-state index in [9.17, 15) is 0 Å². The Kier molecular flexibility index (Phi) is 3.68. The fourth-order valence-electron chi connectivity index (χ4n) is 5.82. The Morgan fingerprint density at radius 1 is 0.500 bits per heavy atom. The van der Waals surface area contributed by atoms with Crippen molar-refractivity contribution in [1.82, 2.24) is 4.98 Å². The molecule has 5 aromatic rings. The predicted octanol–water partition coefficient (Wildman–Crippen LogP) is 7.85. The molecule has 0 atom stereocenters. The summed E-state index contributed by atoms with van der Waals surface area (Å²) in [6.07, 6.45) is 0. The fourth-order valence-corrected chi connectivity index (χ4v) is 6.17. The molecule has 0 N–H and O–H groups in total. The van der Waals surface area contributed by atoms with Crippen molar-refractivity contribution in [2.24, 2.45) is 0 Å². The monoisotopic (exact) mass is 471 g/mol. The molecule has 1 heterocycles. The van der Waals surface area contributed by atoms with Crippen molar-refractivity contribution in [1.29, 1.82) is 0 Å². The molecule has 7 rings (SSSR count). The molecule has 1 aromatic heterocycles. The van der Waals surface area contributed by atoms with Crippen LogP contribution in [0.1, 0.15) is 22.3 Å². The highest BCUT2D eigenvalue weighted by molar-refractivity contribution is 9.10. The Morgan fingerprint density at radius 2 is 1.03 bits per heavy atom. The van der Waals surface area contributed by atoms with Gasteiger partial charge in [-0.2, -0.15) is 0 Å². The van der Waals surface area contributed by atoms with Crippen LogP contribution >= 0.6 is 15.9 Å². The van der Waals surface area contributed by atoms with Crippen LogP contribution in [0.3, 0.4) is 0 Å². The summed E-state index contributed by atoms with van der Waals surface area (Å²) in [5.41, 5.74) is 12.6. The van der Waals surface area contributed by atoms with Crippen LogP contribution in [0, 0.1) is 0 Å². The standard InChI is InChI=1S/C30H18BrN/c31-29-15-7-14-28(32-29)19-16-17-23-22-10-3-6-13-26(22)30(27(23)18-19)24-11-4-1-8-20(24)21-9-2-5-12-25(21)30/h1-18H. The van der Waals surface area contributed by atoms with E-state index in [1.54, 1.807) is 0 Å². The summed E-state index contributed by atoms with van der Waals surface area (Å²) in [5.74, 6) is 0. The predicted molar refractivity (Wildman–Crippen MR) is 134 cm³/mol. The fraction of sp³-hybridized carbons (Fsp3) is 0.0333. The molecule has 2 heteroatoms. The lowest BCUT2D eigenvalue weighted by Crippen LogP contribution is -2.25. The number of aromatic nitrogens is 1. The van der Waals surface area contributed by atoms with Crippen LogP contribution in [0.15, 0.2) is 114 Å². The van der Waals surface area contributed by atoms with Gasteiger partial charge in [-0.05, 0) is 78.6 Å². The van der Waals surface area contributed by atoms with Crippen LogP contribution in [0.25, 0.3) is 33.5 Å². The third kappa shape index (κ3) is 2.20. The minimum atomic E-state index is -0.304. The quantitative estimate of drug-likeness (QED) is 0.222. The Hall–Kier alpha value is -3.49. The van der Waals surface area contributed by atoms with Crippen LogP contribution in [0.5, 0.6) is 0 Å². The first kappa shape index (κ1) is 18.1. The number of fused-ring (bicyclic) bond motifs is 10. The van der Waals surface area contributed by atoms with E-state index in [1.165, 1.54) is 44.5 Å². The first-order chi connectivity index (χ1) is 15.8. The summed E-state index contributed by atoms with van der Waals surface area (Å²) < 4.78 is 0.852. The lowest BCUT2D eigenvalue weighted by Gasteiger charge is -2.30. The number of hydrogen-bond acceptors (Lipinski definition) is 1. The topological polar surface area (TPSA) is 12.9 Å². The second kappa shape index (κ2) is 6.51. The van der Waals surface area contributed by atoms with Crippen molar-refractivity contribution < 1.29 is 0 Å². The second-order valence-electron chi connectivity index (χ2n) is 8.49. The largest absolute Gasteiger partial charge is 0.241 e. The Bertz CT molecular complexity index is 1490. The minimum absolute atomic E-state index is 0.304. The van der Waals surface area contributed by atoms with E-state index < -0.39 is 0 Å². The van der Waals surface area contributed by atoms with Gasteiger partial charge >= 0.3 is 0 Å². The molecule has 0 saturated carbocycles. The van der Waals surface area contributed by atoms with Gasteiger partial charge in [-0.1, -0.05) is 91.0 Å². The molecule has 0 radical (unpaired) electrons. The van der Waals surface area contributed by atoms with E-state index in [0.717, 1.165) is 15.9 Å². The van der Waals surface area contributed by atoms with Crippen LogP contribution in [-0.2, 0) is 5.41 Å². The number of nitrogens with zero attached hydrogens (tertiary/aromatic N) is 1. The van der Waals surface area contributed by atoms with Crippen molar-refractivity contribution in [2.75, 3.05) is 0 Å². The number of halogens is 1. The third-order valence-corrected chi connectivity index (χ3v) is 7.45. The summed E-state index contributed by atoms with van der Waals surface area (Å²) in [4.78, 5) is 4.74. The van der Waals surface area contributed by atoms with Gasteiger partial charge in [0.15, 0.2) is 0 Å². The van der Waals surface area contributed by atoms with E-state index in [-0.39, 0.29) is 5.41 Å². The molecule has 0 amide bonds. The van der Waals surface area contributed by atoms with Crippen molar-refractivity contribution in [2.45, 2.75) is 5.41 Å². The van der Waals surface area contributed by atoms with Crippen LogP contribution in [0.4, 0.5) is 0 Å². The van der Waals surface area contributed by atoms with E-state index in [0.29, 0.717) is 0 Å². The SMILES string of the molecule is Brc1cccc(-c2ccc3c(c2)C2(c4ccccc4-c4ccccc42)c2ccccc2-3)n1. The smallest absolute Gasteiger partial charge is 0.106 e. The summed E-state index contributed by atoms with van der Waals surface area (Å²) in [5, 5.41) is 0. The maximum Gasteiger partial charge on any atom is 0.106 e. The molecule has 32 heavy (non-hydrogen) atoms. The van der Waals surface area contributed by atoms with Gasteiger partial charge in [0.1, 0.15) is 4.60 Å². The molecule has 0 aliphatic heterocycles. The first-order valence-corrected chi connectivity index (χ1v) is 11.6. The Morgan fingerprint density at radius 3 is 1.59 bits per heavy atom. The summed E-state index contributed by atoms with van der Waals surface area (Å²) in [6, 6.07) is 39.7.